The Morgan fingerprint density at radius 2 is 2.18 bits per heavy atom. The quantitative estimate of drug-likeness (QED) is 0.758. The fourth-order valence-corrected chi connectivity index (χ4v) is 3.80. The maximum Gasteiger partial charge on any atom is 0.344 e. The van der Waals surface area contributed by atoms with Crippen LogP contribution in [-0.2, 0) is 16.1 Å². The minimum Gasteiger partial charge on any atom is -0.376 e. The highest BCUT2D eigenvalue weighted by Crippen LogP contribution is 2.20. The van der Waals surface area contributed by atoms with Crippen LogP contribution < -0.4 is 11.0 Å². The molecular weight excluding hydrogens is 304 g/mol. The standard InChI is InChI=1S/C14H22N4O3S/c19-12(15-10-4-1-2-5-10)9-22-14-17-16-13(20)18(14)8-11-6-3-7-21-11/h10-11H,1-9H2,(H,15,19)(H,16,20). The lowest BCUT2D eigenvalue weighted by Gasteiger charge is -2.12. The van der Waals surface area contributed by atoms with Gasteiger partial charge in [0.1, 0.15) is 0 Å². The number of nitrogens with zero attached hydrogens (tertiary/aromatic N) is 2. The number of hydrogen-bond donors (Lipinski definition) is 2. The van der Waals surface area contributed by atoms with Crippen LogP contribution in [-0.4, -0.2) is 45.2 Å². The first-order valence-electron chi connectivity index (χ1n) is 7.91. The number of carbonyl (C=O) groups is 1. The van der Waals surface area contributed by atoms with Gasteiger partial charge in [-0.15, -0.1) is 5.10 Å². The van der Waals surface area contributed by atoms with Gasteiger partial charge < -0.3 is 10.1 Å². The molecule has 2 N–H and O–H groups in total. The smallest absolute Gasteiger partial charge is 0.344 e. The van der Waals surface area contributed by atoms with Crippen LogP contribution in [0.5, 0.6) is 0 Å². The molecule has 1 aromatic heterocycles. The number of H-pyrrole nitrogens is 1. The van der Waals surface area contributed by atoms with Gasteiger partial charge in [0.15, 0.2) is 5.16 Å². The lowest BCUT2D eigenvalue weighted by molar-refractivity contribution is -0.119. The van der Waals surface area contributed by atoms with Crippen molar-refractivity contribution in [3.63, 3.8) is 0 Å². The van der Waals surface area contributed by atoms with Crippen molar-refractivity contribution in [3.05, 3.63) is 10.5 Å². The maximum atomic E-state index is 12.0. The molecule has 8 heteroatoms. The Bertz CT molecular complexity index is 559. The van der Waals surface area contributed by atoms with Crippen LogP contribution in [0.1, 0.15) is 38.5 Å². The molecule has 1 aromatic rings. The van der Waals surface area contributed by atoms with E-state index in [1.54, 1.807) is 4.57 Å². The molecule has 22 heavy (non-hydrogen) atoms. The summed E-state index contributed by atoms with van der Waals surface area (Å²) in [6.07, 6.45) is 6.59. The monoisotopic (exact) mass is 326 g/mol. The van der Waals surface area contributed by atoms with Crippen molar-refractivity contribution in [2.45, 2.75) is 62.4 Å². The zero-order valence-electron chi connectivity index (χ0n) is 12.5. The van der Waals surface area contributed by atoms with E-state index in [1.165, 1.54) is 24.6 Å². The van der Waals surface area contributed by atoms with Gasteiger partial charge in [-0.1, -0.05) is 24.6 Å². The Morgan fingerprint density at radius 3 is 2.91 bits per heavy atom. The molecular formula is C14H22N4O3S. The lowest BCUT2D eigenvalue weighted by atomic mass is 10.2. The van der Waals surface area contributed by atoms with Gasteiger partial charge in [0.2, 0.25) is 5.91 Å². The summed E-state index contributed by atoms with van der Waals surface area (Å²) in [4.78, 5) is 23.8. The number of ether oxygens (including phenoxy) is 1. The molecule has 0 aromatic carbocycles. The van der Waals surface area contributed by atoms with E-state index in [0.717, 1.165) is 32.3 Å². The van der Waals surface area contributed by atoms with Crippen molar-refractivity contribution in [1.82, 2.24) is 20.1 Å². The van der Waals surface area contributed by atoms with Gasteiger partial charge >= 0.3 is 5.69 Å². The number of aromatic amines is 1. The van der Waals surface area contributed by atoms with Crippen LogP contribution in [0.3, 0.4) is 0 Å². The average Bonchev–Trinajstić information content (AvgIpc) is 3.23. The Hall–Kier alpha value is -1.28. The molecule has 2 aliphatic rings. The summed E-state index contributed by atoms with van der Waals surface area (Å²) in [7, 11) is 0. The molecule has 122 valence electrons. The van der Waals surface area contributed by atoms with Crippen molar-refractivity contribution >= 4 is 17.7 Å². The van der Waals surface area contributed by atoms with Crippen LogP contribution in [0, 0.1) is 0 Å². The zero-order valence-corrected chi connectivity index (χ0v) is 13.4. The third kappa shape index (κ3) is 3.92. The summed E-state index contributed by atoms with van der Waals surface area (Å²) in [5, 5.41) is 10.1. The zero-order chi connectivity index (χ0) is 15.4. The Morgan fingerprint density at radius 1 is 1.36 bits per heavy atom. The molecule has 1 aliphatic carbocycles. The Balaban J connectivity index is 1.53. The summed E-state index contributed by atoms with van der Waals surface area (Å²) < 4.78 is 7.13. The van der Waals surface area contributed by atoms with Gasteiger partial charge in [0.25, 0.3) is 0 Å². The predicted molar refractivity (Wildman–Crippen MR) is 82.9 cm³/mol. The first-order valence-corrected chi connectivity index (χ1v) is 8.90. The maximum absolute atomic E-state index is 12.0. The number of carbonyl (C=O) groups excluding carboxylic acids is 1. The SMILES string of the molecule is O=C(CSc1n[nH]c(=O)n1CC1CCCO1)NC1CCCC1. The van der Waals surface area contributed by atoms with Gasteiger partial charge in [-0.25, -0.2) is 9.89 Å². The third-order valence-electron chi connectivity index (χ3n) is 4.19. The normalized spacial score (nSPS) is 22.3. The molecule has 1 amide bonds. The molecule has 1 saturated carbocycles. The molecule has 1 aliphatic heterocycles. The van der Waals surface area contributed by atoms with Crippen molar-refractivity contribution in [1.29, 1.82) is 0 Å². The molecule has 2 heterocycles. The van der Waals surface area contributed by atoms with E-state index in [9.17, 15) is 9.59 Å². The second-order valence-corrected chi connectivity index (χ2v) is 6.84. The second-order valence-electron chi connectivity index (χ2n) is 5.89. The molecule has 0 bridgehead atoms. The fourth-order valence-electron chi connectivity index (χ4n) is 3.04. The van der Waals surface area contributed by atoms with Gasteiger partial charge in [-0.2, -0.15) is 0 Å². The minimum atomic E-state index is -0.241. The number of aromatic nitrogens is 3. The van der Waals surface area contributed by atoms with Crippen LogP contribution in [0.4, 0.5) is 0 Å². The first-order chi connectivity index (χ1) is 10.7. The first kappa shape index (κ1) is 15.6. The summed E-state index contributed by atoms with van der Waals surface area (Å²) in [5.41, 5.74) is -0.241. The van der Waals surface area contributed by atoms with Crippen LogP contribution in [0.25, 0.3) is 0 Å². The highest BCUT2D eigenvalue weighted by Gasteiger charge is 2.21. The van der Waals surface area contributed by atoms with Gasteiger partial charge in [0, 0.05) is 12.6 Å². The number of thioether (sulfide) groups is 1. The van der Waals surface area contributed by atoms with E-state index >= 15 is 0 Å². The number of nitrogens with one attached hydrogen (secondary N) is 2. The minimum absolute atomic E-state index is 0.0102. The van der Waals surface area contributed by atoms with Gasteiger partial charge in [-0.3, -0.25) is 9.36 Å². The highest BCUT2D eigenvalue weighted by molar-refractivity contribution is 7.99. The molecule has 1 atom stereocenters. The second kappa shape index (κ2) is 7.32. The predicted octanol–water partition coefficient (Wildman–Crippen LogP) is 0.901. The molecule has 3 rings (SSSR count). The topological polar surface area (TPSA) is 89.0 Å². The van der Waals surface area contributed by atoms with E-state index in [-0.39, 0.29) is 23.5 Å². The summed E-state index contributed by atoms with van der Waals surface area (Å²) in [6.45, 7) is 1.26. The van der Waals surface area contributed by atoms with Crippen LogP contribution in [0.15, 0.2) is 9.95 Å². The van der Waals surface area contributed by atoms with Crippen molar-refractivity contribution < 1.29 is 9.53 Å². The molecule has 1 saturated heterocycles. The molecule has 1 unspecified atom stereocenters. The summed E-state index contributed by atoms with van der Waals surface area (Å²) in [5.74, 6) is 0.294. The Kier molecular flexibility index (Phi) is 5.20. The molecule has 0 radical (unpaired) electrons. The van der Waals surface area contributed by atoms with E-state index in [1.807, 2.05) is 0 Å². The third-order valence-corrected chi connectivity index (χ3v) is 5.16. The van der Waals surface area contributed by atoms with Crippen molar-refractivity contribution in [2.75, 3.05) is 12.4 Å². The number of rotatable bonds is 6. The van der Waals surface area contributed by atoms with Crippen molar-refractivity contribution in [3.8, 4) is 0 Å². The number of amides is 1. The summed E-state index contributed by atoms with van der Waals surface area (Å²) >= 11 is 1.30. The number of hydrogen-bond acceptors (Lipinski definition) is 5. The molecule has 7 nitrogen and oxygen atoms in total. The van der Waals surface area contributed by atoms with Gasteiger partial charge in [-0.05, 0) is 25.7 Å². The van der Waals surface area contributed by atoms with Gasteiger partial charge in [0.05, 0.1) is 18.4 Å². The molecule has 0 spiro atoms. The van der Waals surface area contributed by atoms with Crippen molar-refractivity contribution in [2.24, 2.45) is 0 Å². The van der Waals surface area contributed by atoms with Crippen LogP contribution >= 0.6 is 11.8 Å². The Labute approximate surface area is 133 Å². The molecule has 2 fully saturated rings. The van der Waals surface area contributed by atoms with E-state index in [2.05, 4.69) is 15.5 Å². The summed E-state index contributed by atoms with van der Waals surface area (Å²) in [6, 6.07) is 0.321. The van der Waals surface area contributed by atoms with Crippen LogP contribution in [0.2, 0.25) is 0 Å². The highest BCUT2D eigenvalue weighted by atomic mass is 32.2. The fraction of sp³-hybridized carbons (Fsp3) is 0.786. The lowest BCUT2D eigenvalue weighted by Crippen LogP contribution is -2.34. The average molecular weight is 326 g/mol. The van der Waals surface area contributed by atoms with E-state index < -0.39 is 0 Å². The largest absolute Gasteiger partial charge is 0.376 e. The van der Waals surface area contributed by atoms with E-state index in [4.69, 9.17) is 4.74 Å². The van der Waals surface area contributed by atoms with E-state index in [0.29, 0.717) is 17.7 Å².